The second kappa shape index (κ2) is 13.0. The Morgan fingerprint density at radius 1 is 0.698 bits per heavy atom. The van der Waals surface area contributed by atoms with Crippen LogP contribution in [0.25, 0.3) is 11.1 Å². The lowest BCUT2D eigenvalue weighted by Gasteiger charge is -2.12. The number of fused-ring (bicyclic) bond motifs is 1. The fourth-order valence-corrected chi connectivity index (χ4v) is 5.82. The van der Waals surface area contributed by atoms with E-state index in [0.29, 0.717) is 46.7 Å². The maximum atomic E-state index is 13.7. The van der Waals surface area contributed by atoms with Crippen LogP contribution in [0, 0.1) is 6.92 Å². The van der Waals surface area contributed by atoms with E-state index in [0.717, 1.165) is 5.56 Å². The van der Waals surface area contributed by atoms with Crippen molar-refractivity contribution in [1.29, 1.82) is 0 Å². The van der Waals surface area contributed by atoms with Crippen LogP contribution in [0.1, 0.15) is 36.6 Å². The Bertz CT molecular complexity index is 1750. The SMILES string of the molecule is Cc1cccc(C(=O)NCCNc2cccc(NS(=O)(=O)c3cc(C(=O)N(C)C)c4ccc(C(=O)N(C)C)ccc3-4)c2)c1. The van der Waals surface area contributed by atoms with E-state index in [2.05, 4.69) is 15.4 Å². The van der Waals surface area contributed by atoms with Gasteiger partial charge in [0.05, 0.1) is 10.6 Å². The maximum Gasteiger partial charge on any atom is 0.262 e. The lowest BCUT2D eigenvalue weighted by Crippen LogP contribution is -2.28. The molecule has 11 heteroatoms. The molecular weight excluding hydrogens is 566 g/mol. The van der Waals surface area contributed by atoms with Gasteiger partial charge in [0.2, 0.25) is 0 Å². The van der Waals surface area contributed by atoms with Gasteiger partial charge in [0.25, 0.3) is 27.7 Å². The van der Waals surface area contributed by atoms with Gasteiger partial charge in [0, 0.05) is 69.2 Å². The molecule has 0 aromatic heterocycles. The Hall–Kier alpha value is -4.90. The molecule has 0 saturated carbocycles. The lowest BCUT2D eigenvalue weighted by molar-refractivity contribution is 0.0821. The minimum Gasteiger partial charge on any atom is -0.383 e. The third-order valence-electron chi connectivity index (χ3n) is 6.69. The van der Waals surface area contributed by atoms with Crippen molar-refractivity contribution in [2.45, 2.75) is 11.8 Å². The minimum atomic E-state index is -4.15. The minimum absolute atomic E-state index is 0.0793. The van der Waals surface area contributed by atoms with Crippen molar-refractivity contribution in [3.05, 3.63) is 101 Å². The van der Waals surface area contributed by atoms with Gasteiger partial charge in [0.1, 0.15) is 0 Å². The number of amides is 3. The summed E-state index contributed by atoms with van der Waals surface area (Å²) < 4.78 is 30.0. The molecule has 10 nitrogen and oxygen atoms in total. The summed E-state index contributed by atoms with van der Waals surface area (Å²) in [5.41, 5.74) is 3.84. The molecule has 2 aliphatic carbocycles. The number of rotatable bonds is 10. The zero-order valence-corrected chi connectivity index (χ0v) is 25.6. The molecule has 43 heavy (non-hydrogen) atoms. The van der Waals surface area contributed by atoms with Crippen LogP contribution in [0.3, 0.4) is 0 Å². The zero-order chi connectivity index (χ0) is 31.3. The van der Waals surface area contributed by atoms with Crippen molar-refractivity contribution >= 4 is 39.1 Å². The van der Waals surface area contributed by atoms with Gasteiger partial charge in [-0.2, -0.15) is 0 Å². The highest BCUT2D eigenvalue weighted by atomic mass is 32.2. The van der Waals surface area contributed by atoms with Crippen LogP contribution in [0.4, 0.5) is 11.4 Å². The third-order valence-corrected chi connectivity index (χ3v) is 8.12. The highest BCUT2D eigenvalue weighted by Gasteiger charge is 2.28. The molecule has 224 valence electrons. The summed E-state index contributed by atoms with van der Waals surface area (Å²) in [5.74, 6) is -0.786. The number of anilines is 2. The average molecular weight is 602 g/mol. The summed E-state index contributed by atoms with van der Waals surface area (Å²) in [6.07, 6.45) is 0. The number of carbonyl (C=O) groups excluding carboxylic acids is 3. The summed E-state index contributed by atoms with van der Waals surface area (Å²) in [6.45, 7) is 2.70. The molecule has 0 aliphatic heterocycles. The number of hydrogen-bond donors (Lipinski definition) is 3. The predicted molar refractivity (Wildman–Crippen MR) is 168 cm³/mol. The van der Waals surface area contributed by atoms with E-state index >= 15 is 0 Å². The first kappa shape index (κ1) is 31.0. The van der Waals surface area contributed by atoms with Gasteiger partial charge in [-0.25, -0.2) is 8.42 Å². The number of benzene rings is 2. The lowest BCUT2D eigenvalue weighted by atomic mass is 10.1. The third kappa shape index (κ3) is 7.31. The summed E-state index contributed by atoms with van der Waals surface area (Å²) in [5, 5.41) is 6.04. The van der Waals surface area contributed by atoms with Gasteiger partial charge in [-0.1, -0.05) is 35.9 Å². The molecule has 0 saturated heterocycles. The molecule has 2 aromatic carbocycles. The van der Waals surface area contributed by atoms with Crippen LogP contribution >= 0.6 is 0 Å². The fourth-order valence-electron chi connectivity index (χ4n) is 4.53. The van der Waals surface area contributed by atoms with Crippen molar-refractivity contribution in [3.8, 4) is 11.1 Å². The molecule has 0 unspecified atom stereocenters. The molecule has 0 atom stereocenters. The van der Waals surface area contributed by atoms with Crippen molar-refractivity contribution in [2.24, 2.45) is 0 Å². The Balaban J connectivity index is 1.54. The number of carbonyl (C=O) groups is 3. The standard InChI is InChI=1S/C32H35N5O5S/c1-21-8-6-9-23(18-21)30(38)34-17-16-33-24-10-7-11-25(19-24)35-43(41,42)29-20-28(32(40)37(4)5)26-14-12-22(13-15-27(26)29)31(39)36(2)3/h6-15,18-20,33,35H,16-17H2,1-5H3,(H,34,38). The first-order valence-corrected chi connectivity index (χ1v) is 15.1. The predicted octanol–water partition coefficient (Wildman–Crippen LogP) is 4.15. The Morgan fingerprint density at radius 3 is 2.02 bits per heavy atom. The second-order valence-corrected chi connectivity index (χ2v) is 12.2. The van der Waals surface area contributed by atoms with Crippen LogP contribution in [-0.2, 0) is 10.0 Å². The van der Waals surface area contributed by atoms with E-state index in [-0.39, 0.29) is 28.2 Å². The van der Waals surface area contributed by atoms with E-state index < -0.39 is 10.0 Å². The smallest absolute Gasteiger partial charge is 0.262 e. The zero-order valence-electron chi connectivity index (χ0n) is 24.8. The molecule has 3 N–H and O–H groups in total. The topological polar surface area (TPSA) is 128 Å². The summed E-state index contributed by atoms with van der Waals surface area (Å²) in [7, 11) is 2.28. The number of nitrogens with zero attached hydrogens (tertiary/aromatic N) is 2. The highest BCUT2D eigenvalue weighted by molar-refractivity contribution is 7.92. The van der Waals surface area contributed by atoms with Gasteiger partial charge in [-0.3, -0.25) is 19.1 Å². The van der Waals surface area contributed by atoms with Gasteiger partial charge in [0.15, 0.2) is 0 Å². The quantitative estimate of drug-likeness (QED) is 0.235. The van der Waals surface area contributed by atoms with E-state index in [1.54, 1.807) is 82.8 Å². The first-order valence-electron chi connectivity index (χ1n) is 13.6. The Labute approximate surface area is 252 Å². The van der Waals surface area contributed by atoms with Gasteiger partial charge in [-0.15, -0.1) is 0 Å². The fraction of sp³-hybridized carbons (Fsp3) is 0.219. The van der Waals surface area contributed by atoms with E-state index in [9.17, 15) is 22.8 Å². The van der Waals surface area contributed by atoms with Gasteiger partial charge < -0.3 is 20.4 Å². The van der Waals surface area contributed by atoms with Crippen molar-refractivity contribution < 1.29 is 22.8 Å². The maximum absolute atomic E-state index is 13.7. The average Bonchev–Trinajstić information content (AvgIpc) is 3.20. The van der Waals surface area contributed by atoms with Crippen molar-refractivity contribution in [3.63, 3.8) is 0 Å². The van der Waals surface area contributed by atoms with Gasteiger partial charge >= 0.3 is 0 Å². The number of aryl methyl sites for hydroxylation is 1. The summed E-state index contributed by atoms with van der Waals surface area (Å²) >= 11 is 0. The van der Waals surface area contributed by atoms with Gasteiger partial charge in [-0.05, 0) is 61.0 Å². The molecule has 0 spiro atoms. The first-order chi connectivity index (χ1) is 20.4. The van der Waals surface area contributed by atoms with Crippen LogP contribution in [0.5, 0.6) is 0 Å². The molecule has 2 aliphatic rings. The number of nitrogens with one attached hydrogen (secondary N) is 3. The van der Waals surface area contributed by atoms with Crippen LogP contribution in [-0.4, -0.2) is 77.2 Å². The molecule has 4 rings (SSSR count). The molecule has 2 aromatic rings. The Kier molecular flexibility index (Phi) is 9.35. The molecule has 0 radical (unpaired) electrons. The Morgan fingerprint density at radius 2 is 1.35 bits per heavy atom. The molecule has 0 heterocycles. The van der Waals surface area contributed by atoms with E-state index in [4.69, 9.17) is 0 Å². The molecular formula is C32H35N5O5S. The highest BCUT2D eigenvalue weighted by Crippen LogP contribution is 2.37. The van der Waals surface area contributed by atoms with Crippen LogP contribution in [0.15, 0.2) is 83.8 Å². The summed E-state index contributed by atoms with van der Waals surface area (Å²) in [4.78, 5) is 40.6. The molecule has 3 amide bonds. The van der Waals surface area contributed by atoms with E-state index in [1.807, 2.05) is 25.1 Å². The largest absolute Gasteiger partial charge is 0.383 e. The monoisotopic (exact) mass is 601 g/mol. The van der Waals surface area contributed by atoms with Crippen molar-refractivity contribution in [1.82, 2.24) is 15.1 Å². The summed E-state index contributed by atoms with van der Waals surface area (Å²) in [6, 6.07) is 21.7. The second-order valence-electron chi connectivity index (χ2n) is 10.5. The number of sulfonamides is 1. The number of hydrogen-bond acceptors (Lipinski definition) is 6. The normalized spacial score (nSPS) is 11.1. The molecule has 0 fully saturated rings. The van der Waals surface area contributed by atoms with Crippen molar-refractivity contribution in [2.75, 3.05) is 51.3 Å². The van der Waals surface area contributed by atoms with Crippen LogP contribution < -0.4 is 15.4 Å². The van der Waals surface area contributed by atoms with E-state index in [1.165, 1.54) is 15.9 Å². The van der Waals surface area contributed by atoms with Crippen LogP contribution in [0.2, 0.25) is 0 Å². The molecule has 0 bridgehead atoms.